The SMILES string of the molecule is CCC1(NCC2CC2)CN(c2ncc(-c3nn(C4CCCCO4)c4ccc(O[C@H](C)c5c(Cl)cncc5Cl)cc34)cc2F)C1. The van der Waals surface area contributed by atoms with Crippen LogP contribution in [0.15, 0.2) is 42.9 Å². The second-order valence-electron chi connectivity index (χ2n) is 12.4. The number of ether oxygens (including phenoxy) is 2. The fraction of sp³-hybridized carbons (Fsp3) is 0.485. The smallest absolute Gasteiger partial charge is 0.166 e. The molecule has 8 nitrogen and oxygen atoms in total. The van der Waals surface area contributed by atoms with Gasteiger partial charge in [0.2, 0.25) is 0 Å². The van der Waals surface area contributed by atoms with Crippen molar-refractivity contribution in [3.63, 3.8) is 0 Å². The third kappa shape index (κ3) is 5.75. The summed E-state index contributed by atoms with van der Waals surface area (Å²) in [6.07, 6.45) is 10.8. The maximum absolute atomic E-state index is 15.7. The quantitative estimate of drug-likeness (QED) is 0.190. The van der Waals surface area contributed by atoms with Gasteiger partial charge in [-0.15, -0.1) is 0 Å². The van der Waals surface area contributed by atoms with Crippen molar-refractivity contribution >= 4 is 39.9 Å². The van der Waals surface area contributed by atoms with E-state index in [2.05, 4.69) is 22.2 Å². The normalized spacial score (nSPS) is 20.5. The summed E-state index contributed by atoms with van der Waals surface area (Å²) in [6.45, 7) is 7.31. The molecule has 1 saturated carbocycles. The third-order valence-corrected chi connectivity index (χ3v) is 9.84. The topological polar surface area (TPSA) is 77.3 Å². The molecule has 1 aromatic carbocycles. The van der Waals surface area contributed by atoms with E-state index >= 15 is 4.39 Å². The molecule has 2 saturated heterocycles. The molecule has 7 rings (SSSR count). The summed E-state index contributed by atoms with van der Waals surface area (Å²) in [7, 11) is 0. The van der Waals surface area contributed by atoms with Gasteiger partial charge in [0.1, 0.15) is 17.5 Å². The van der Waals surface area contributed by atoms with Crippen LogP contribution in [-0.2, 0) is 4.74 Å². The Balaban J connectivity index is 1.19. The summed E-state index contributed by atoms with van der Waals surface area (Å²) in [4.78, 5) is 10.7. The lowest BCUT2D eigenvalue weighted by atomic mass is 9.86. The van der Waals surface area contributed by atoms with Crippen molar-refractivity contribution in [2.75, 3.05) is 31.1 Å². The minimum atomic E-state index is -0.431. The molecule has 232 valence electrons. The van der Waals surface area contributed by atoms with Gasteiger partial charge in [-0.25, -0.2) is 14.1 Å². The molecule has 1 aliphatic carbocycles. The number of halogens is 3. The number of nitrogens with zero attached hydrogens (tertiary/aromatic N) is 5. The number of anilines is 1. The second-order valence-corrected chi connectivity index (χ2v) is 13.2. The number of rotatable bonds is 10. The van der Waals surface area contributed by atoms with E-state index < -0.39 is 6.10 Å². The molecule has 2 aliphatic heterocycles. The monoisotopic (exact) mass is 638 g/mol. The van der Waals surface area contributed by atoms with Crippen LogP contribution in [0.1, 0.15) is 70.3 Å². The Labute approximate surface area is 266 Å². The molecule has 0 bridgehead atoms. The van der Waals surface area contributed by atoms with Gasteiger partial charge >= 0.3 is 0 Å². The molecule has 0 radical (unpaired) electrons. The van der Waals surface area contributed by atoms with E-state index in [1.165, 1.54) is 12.8 Å². The fourth-order valence-electron chi connectivity index (χ4n) is 6.39. The molecule has 1 N–H and O–H groups in total. The molecule has 0 spiro atoms. The summed E-state index contributed by atoms with van der Waals surface area (Å²) < 4.78 is 30.0. The molecule has 0 amide bonds. The molecule has 3 aromatic heterocycles. The summed E-state index contributed by atoms with van der Waals surface area (Å²) >= 11 is 12.8. The van der Waals surface area contributed by atoms with Crippen LogP contribution < -0.4 is 15.0 Å². The lowest BCUT2D eigenvalue weighted by molar-refractivity contribution is -0.0365. The van der Waals surface area contributed by atoms with Gasteiger partial charge in [0, 0.05) is 54.8 Å². The second kappa shape index (κ2) is 12.1. The Morgan fingerprint density at radius 3 is 2.59 bits per heavy atom. The molecule has 5 heterocycles. The van der Waals surface area contributed by atoms with E-state index in [-0.39, 0.29) is 17.6 Å². The highest BCUT2D eigenvalue weighted by atomic mass is 35.5. The van der Waals surface area contributed by atoms with Gasteiger partial charge in [-0.3, -0.25) is 4.98 Å². The largest absolute Gasteiger partial charge is 0.486 e. The minimum Gasteiger partial charge on any atom is -0.486 e. The van der Waals surface area contributed by atoms with Crippen LogP contribution in [0.2, 0.25) is 10.0 Å². The van der Waals surface area contributed by atoms with E-state index in [9.17, 15) is 0 Å². The van der Waals surface area contributed by atoms with E-state index in [4.69, 9.17) is 37.8 Å². The van der Waals surface area contributed by atoms with Crippen LogP contribution in [0.4, 0.5) is 10.2 Å². The van der Waals surface area contributed by atoms with Crippen molar-refractivity contribution < 1.29 is 13.9 Å². The van der Waals surface area contributed by atoms with Crippen LogP contribution in [0.3, 0.4) is 0 Å². The predicted octanol–water partition coefficient (Wildman–Crippen LogP) is 7.75. The maximum Gasteiger partial charge on any atom is 0.166 e. The van der Waals surface area contributed by atoms with Gasteiger partial charge < -0.3 is 19.7 Å². The van der Waals surface area contributed by atoms with Gasteiger partial charge in [0.25, 0.3) is 0 Å². The fourth-order valence-corrected chi connectivity index (χ4v) is 7.06. The zero-order chi connectivity index (χ0) is 30.4. The minimum absolute atomic E-state index is 0.0304. The zero-order valence-corrected chi connectivity index (χ0v) is 26.5. The highest BCUT2D eigenvalue weighted by molar-refractivity contribution is 6.35. The molecular formula is C33H37Cl2FN6O2. The molecule has 4 aromatic rings. The lowest BCUT2D eigenvalue weighted by Gasteiger charge is -2.51. The van der Waals surface area contributed by atoms with Crippen LogP contribution >= 0.6 is 23.2 Å². The number of aromatic nitrogens is 4. The Morgan fingerprint density at radius 2 is 1.91 bits per heavy atom. The van der Waals surface area contributed by atoms with Gasteiger partial charge in [0.05, 0.1) is 21.1 Å². The number of nitrogens with one attached hydrogen (secondary N) is 1. The Morgan fingerprint density at radius 1 is 1.11 bits per heavy atom. The highest BCUT2D eigenvalue weighted by Gasteiger charge is 2.43. The highest BCUT2D eigenvalue weighted by Crippen LogP contribution is 2.39. The van der Waals surface area contributed by atoms with Crippen LogP contribution in [0.5, 0.6) is 5.75 Å². The molecule has 1 unspecified atom stereocenters. The van der Waals surface area contributed by atoms with Crippen molar-refractivity contribution in [2.24, 2.45) is 5.92 Å². The van der Waals surface area contributed by atoms with Crippen LogP contribution in [0, 0.1) is 11.7 Å². The molecular weight excluding hydrogens is 602 g/mol. The average Bonchev–Trinajstić information content (AvgIpc) is 3.76. The number of hydrogen-bond acceptors (Lipinski definition) is 7. The summed E-state index contributed by atoms with van der Waals surface area (Å²) in [5, 5.41) is 10.4. The number of fused-ring (bicyclic) bond motifs is 1. The van der Waals surface area contributed by atoms with E-state index in [0.29, 0.717) is 45.0 Å². The molecule has 3 fully saturated rings. The van der Waals surface area contributed by atoms with Crippen LogP contribution in [0.25, 0.3) is 22.2 Å². The first-order valence-corrected chi connectivity index (χ1v) is 16.3. The number of pyridine rings is 2. The Bertz CT molecular complexity index is 1650. The van der Waals surface area contributed by atoms with Crippen molar-refractivity contribution in [1.29, 1.82) is 0 Å². The first-order valence-electron chi connectivity index (χ1n) is 15.6. The first-order chi connectivity index (χ1) is 21.3. The molecule has 44 heavy (non-hydrogen) atoms. The van der Waals surface area contributed by atoms with E-state index in [0.717, 1.165) is 62.1 Å². The molecule has 3 aliphatic rings. The van der Waals surface area contributed by atoms with Gasteiger partial charge in [-0.2, -0.15) is 5.10 Å². The van der Waals surface area contributed by atoms with Crippen molar-refractivity contribution in [3.8, 4) is 17.0 Å². The van der Waals surface area contributed by atoms with Gasteiger partial charge in [-0.05, 0) is 82.2 Å². The lowest BCUT2D eigenvalue weighted by Crippen LogP contribution is -2.69. The standard InChI is InChI=1S/C33H37Cl2FN6O2/c1-3-33(39-14-21-7-8-21)18-41(19-33)32-27(36)12-22(15-38-32)31-24-13-23(44-20(2)30-25(34)16-37-17-26(30)35)9-10-28(24)42(40-31)29-6-4-5-11-43-29/h9-10,12-13,15-17,20-21,29,39H,3-8,11,14,18-19H2,1-2H3/t20-,29?/m1/s1. The van der Waals surface area contributed by atoms with E-state index in [1.54, 1.807) is 24.7 Å². The summed E-state index contributed by atoms with van der Waals surface area (Å²) in [5.41, 5.74) is 2.81. The predicted molar refractivity (Wildman–Crippen MR) is 171 cm³/mol. The van der Waals surface area contributed by atoms with Crippen molar-refractivity contribution in [3.05, 3.63) is 64.3 Å². The molecule has 2 atom stereocenters. The van der Waals surface area contributed by atoms with E-state index in [1.807, 2.05) is 34.7 Å². The first kappa shape index (κ1) is 29.7. The average molecular weight is 640 g/mol. The van der Waals surface area contributed by atoms with Crippen molar-refractivity contribution in [1.82, 2.24) is 25.1 Å². The summed E-state index contributed by atoms with van der Waals surface area (Å²) in [5.74, 6) is 1.44. The Kier molecular flexibility index (Phi) is 8.16. The Hall–Kier alpha value is -2.98. The zero-order valence-electron chi connectivity index (χ0n) is 25.0. The third-order valence-electron chi connectivity index (χ3n) is 9.24. The van der Waals surface area contributed by atoms with Gasteiger partial charge in [-0.1, -0.05) is 30.1 Å². The maximum atomic E-state index is 15.7. The van der Waals surface area contributed by atoms with Crippen molar-refractivity contribution in [2.45, 2.75) is 70.2 Å². The number of benzene rings is 1. The van der Waals surface area contributed by atoms with Gasteiger partial charge in [0.15, 0.2) is 17.9 Å². The van der Waals surface area contributed by atoms with Crippen LogP contribution in [-0.4, -0.2) is 51.5 Å². The summed E-state index contributed by atoms with van der Waals surface area (Å²) in [6, 6.07) is 7.35. The molecule has 11 heteroatoms. The number of hydrogen-bond donors (Lipinski definition) is 1.